The van der Waals surface area contributed by atoms with Gasteiger partial charge in [0.25, 0.3) is 0 Å². The normalized spacial score (nSPS) is 36.5. The van der Waals surface area contributed by atoms with Crippen molar-refractivity contribution in [3.8, 4) is 0 Å². The molecule has 0 N–H and O–H groups in total. The summed E-state index contributed by atoms with van der Waals surface area (Å²) in [5.41, 5.74) is -1.65. The SMILES string of the molecule is CCCC[C@]1(C(F)(F)Sc2ccccc2)OC(=O)[C@H]2[C@H]3CC[C@H](C3)[C@H]21. The fourth-order valence-corrected chi connectivity index (χ4v) is 6.44. The molecule has 0 radical (unpaired) electrons. The van der Waals surface area contributed by atoms with E-state index in [9.17, 15) is 4.79 Å². The molecule has 1 aromatic rings. The zero-order chi connectivity index (χ0) is 17.7. The average molecular weight is 366 g/mol. The Morgan fingerprint density at radius 2 is 1.96 bits per heavy atom. The molecule has 1 saturated heterocycles. The van der Waals surface area contributed by atoms with Crippen molar-refractivity contribution in [1.29, 1.82) is 0 Å². The maximum absolute atomic E-state index is 15.6. The Hall–Kier alpha value is -1.10. The van der Waals surface area contributed by atoms with Gasteiger partial charge in [0.05, 0.1) is 5.92 Å². The summed E-state index contributed by atoms with van der Waals surface area (Å²) in [5, 5.41) is -3.12. The van der Waals surface area contributed by atoms with Crippen molar-refractivity contribution in [2.75, 3.05) is 0 Å². The van der Waals surface area contributed by atoms with Crippen molar-refractivity contribution in [3.63, 3.8) is 0 Å². The molecule has 2 bridgehead atoms. The van der Waals surface area contributed by atoms with Crippen molar-refractivity contribution >= 4 is 17.7 Å². The molecule has 5 atom stereocenters. The third kappa shape index (κ3) is 2.61. The van der Waals surface area contributed by atoms with E-state index < -0.39 is 10.9 Å². The quantitative estimate of drug-likeness (QED) is 0.490. The van der Waals surface area contributed by atoms with Gasteiger partial charge in [-0.25, -0.2) is 0 Å². The summed E-state index contributed by atoms with van der Waals surface area (Å²) < 4.78 is 36.9. The molecule has 4 rings (SSSR count). The van der Waals surface area contributed by atoms with Crippen molar-refractivity contribution in [1.82, 2.24) is 0 Å². The van der Waals surface area contributed by atoms with E-state index >= 15 is 8.78 Å². The first kappa shape index (κ1) is 17.3. The number of esters is 1. The average Bonchev–Trinajstić information content (AvgIpc) is 3.27. The van der Waals surface area contributed by atoms with E-state index in [4.69, 9.17) is 4.74 Å². The summed E-state index contributed by atoms with van der Waals surface area (Å²) in [4.78, 5) is 13.1. The van der Waals surface area contributed by atoms with Crippen molar-refractivity contribution in [3.05, 3.63) is 30.3 Å². The number of alkyl halides is 2. The Bertz CT molecular complexity index is 650. The molecule has 0 spiro atoms. The molecule has 136 valence electrons. The van der Waals surface area contributed by atoms with Crippen LogP contribution in [0, 0.1) is 23.7 Å². The minimum absolute atomic E-state index is 0.209. The molecule has 0 amide bonds. The first-order chi connectivity index (χ1) is 12.0. The molecule has 3 aliphatic rings. The van der Waals surface area contributed by atoms with Crippen LogP contribution in [0.3, 0.4) is 0 Å². The summed E-state index contributed by atoms with van der Waals surface area (Å²) in [6.07, 6.45) is 4.59. The summed E-state index contributed by atoms with van der Waals surface area (Å²) in [6, 6.07) is 8.73. The highest BCUT2D eigenvalue weighted by molar-refractivity contribution is 8.00. The Kier molecular flexibility index (Phi) is 4.33. The third-order valence-corrected chi connectivity index (χ3v) is 7.50. The molecule has 2 aliphatic carbocycles. The lowest BCUT2D eigenvalue weighted by atomic mass is 9.70. The molecule has 2 nitrogen and oxygen atoms in total. The van der Waals surface area contributed by atoms with Crippen molar-refractivity contribution in [2.24, 2.45) is 23.7 Å². The number of unbranched alkanes of at least 4 members (excludes halogenated alkanes) is 1. The van der Waals surface area contributed by atoms with E-state index in [0.29, 0.717) is 23.1 Å². The van der Waals surface area contributed by atoms with Gasteiger partial charge in [-0.3, -0.25) is 4.79 Å². The molecule has 2 saturated carbocycles. The minimum atomic E-state index is -3.12. The van der Waals surface area contributed by atoms with Crippen molar-refractivity contribution < 1.29 is 18.3 Å². The molecule has 1 aromatic carbocycles. The standard InChI is InChI=1S/C20H24F2O2S/c1-2-3-11-19(20(21,22)25-15-7-5-4-6-8-15)17-14-10-9-13(12-14)16(17)18(23)24-19/h4-8,13-14,16-17H,2-3,9-12H2,1H3/t13-,14+,16-,17+,19-/m0/s1. The van der Waals surface area contributed by atoms with Gasteiger partial charge in [0.1, 0.15) is 0 Å². The van der Waals surface area contributed by atoms with Gasteiger partial charge in [-0.05, 0) is 67.8 Å². The molecular formula is C20H24F2O2S. The van der Waals surface area contributed by atoms with Gasteiger partial charge in [0, 0.05) is 10.8 Å². The van der Waals surface area contributed by atoms with E-state index in [2.05, 4.69) is 0 Å². The van der Waals surface area contributed by atoms with Gasteiger partial charge in [0.2, 0.25) is 0 Å². The molecule has 1 heterocycles. The van der Waals surface area contributed by atoms with Crippen LogP contribution >= 0.6 is 11.8 Å². The number of carbonyl (C=O) groups excluding carboxylic acids is 1. The lowest BCUT2D eigenvalue weighted by molar-refractivity contribution is -0.181. The third-order valence-electron chi connectivity index (χ3n) is 6.39. The number of hydrogen-bond acceptors (Lipinski definition) is 3. The lowest BCUT2D eigenvalue weighted by Crippen LogP contribution is -2.52. The maximum atomic E-state index is 15.6. The van der Waals surface area contributed by atoms with Gasteiger partial charge in [-0.15, -0.1) is 0 Å². The highest BCUT2D eigenvalue weighted by Crippen LogP contribution is 2.66. The number of halogens is 2. The van der Waals surface area contributed by atoms with Gasteiger partial charge >= 0.3 is 11.2 Å². The molecule has 1 aliphatic heterocycles. The van der Waals surface area contributed by atoms with Crippen LogP contribution in [0.4, 0.5) is 8.78 Å². The van der Waals surface area contributed by atoms with Gasteiger partial charge in [-0.2, -0.15) is 8.78 Å². The topological polar surface area (TPSA) is 26.3 Å². The predicted octanol–water partition coefficient (Wildman–Crippen LogP) is 5.52. The van der Waals surface area contributed by atoms with Crippen LogP contribution in [0.1, 0.15) is 45.4 Å². The zero-order valence-electron chi connectivity index (χ0n) is 14.4. The minimum Gasteiger partial charge on any atom is -0.451 e. The molecule has 3 fully saturated rings. The van der Waals surface area contributed by atoms with E-state index in [1.165, 1.54) is 0 Å². The highest BCUT2D eigenvalue weighted by Gasteiger charge is 2.73. The monoisotopic (exact) mass is 366 g/mol. The van der Waals surface area contributed by atoms with Gasteiger partial charge in [-0.1, -0.05) is 31.5 Å². The smallest absolute Gasteiger partial charge is 0.337 e. The Labute approximate surface area is 151 Å². The highest BCUT2D eigenvalue weighted by atomic mass is 32.2. The summed E-state index contributed by atoms with van der Waals surface area (Å²) in [7, 11) is 0. The van der Waals surface area contributed by atoms with Crippen LogP contribution in [0.2, 0.25) is 0 Å². The first-order valence-electron chi connectivity index (χ1n) is 9.33. The van der Waals surface area contributed by atoms with E-state index in [1.54, 1.807) is 24.3 Å². The molecule has 5 heteroatoms. The second kappa shape index (κ2) is 6.26. The zero-order valence-corrected chi connectivity index (χ0v) is 15.2. The van der Waals surface area contributed by atoms with E-state index in [1.807, 2.05) is 13.0 Å². The van der Waals surface area contributed by atoms with Crippen LogP contribution in [0.25, 0.3) is 0 Å². The van der Waals surface area contributed by atoms with Gasteiger partial charge < -0.3 is 4.74 Å². The summed E-state index contributed by atoms with van der Waals surface area (Å²) in [5.74, 6) is -0.542. The van der Waals surface area contributed by atoms with Crippen molar-refractivity contribution in [2.45, 2.75) is 61.2 Å². The number of thioether (sulfide) groups is 1. The maximum Gasteiger partial charge on any atom is 0.337 e. The first-order valence-corrected chi connectivity index (χ1v) is 10.1. The molecule has 25 heavy (non-hydrogen) atoms. The number of carbonyl (C=O) groups is 1. The Morgan fingerprint density at radius 1 is 1.24 bits per heavy atom. The number of ether oxygens (including phenoxy) is 1. The second-order valence-electron chi connectivity index (χ2n) is 7.73. The number of rotatable bonds is 6. The fourth-order valence-electron chi connectivity index (χ4n) is 5.40. The van der Waals surface area contributed by atoms with Crippen LogP contribution in [-0.4, -0.2) is 16.8 Å². The largest absolute Gasteiger partial charge is 0.451 e. The fraction of sp³-hybridized carbons (Fsp3) is 0.650. The number of cyclic esters (lactones) is 1. The molecule has 0 aromatic heterocycles. The molecule has 0 unspecified atom stereocenters. The Balaban J connectivity index is 1.71. The van der Waals surface area contributed by atoms with E-state index in [0.717, 1.165) is 25.7 Å². The van der Waals surface area contributed by atoms with E-state index in [-0.39, 0.29) is 36.1 Å². The number of hydrogen-bond donors (Lipinski definition) is 0. The summed E-state index contributed by atoms with van der Waals surface area (Å²) >= 11 is 0.560. The predicted molar refractivity (Wildman–Crippen MR) is 93.4 cm³/mol. The van der Waals surface area contributed by atoms with Crippen LogP contribution < -0.4 is 0 Å². The van der Waals surface area contributed by atoms with Gasteiger partial charge in [0.15, 0.2) is 5.60 Å². The Morgan fingerprint density at radius 3 is 2.68 bits per heavy atom. The lowest BCUT2D eigenvalue weighted by Gasteiger charge is -2.41. The number of benzene rings is 1. The summed E-state index contributed by atoms with van der Waals surface area (Å²) in [6.45, 7) is 1.99. The second-order valence-corrected chi connectivity index (χ2v) is 8.92. The van der Waals surface area contributed by atoms with Crippen LogP contribution in [0.15, 0.2) is 35.2 Å². The number of fused-ring (bicyclic) bond motifs is 5. The molecular weight excluding hydrogens is 342 g/mol. The van der Waals surface area contributed by atoms with Crippen LogP contribution in [-0.2, 0) is 9.53 Å². The van der Waals surface area contributed by atoms with Crippen LogP contribution in [0.5, 0.6) is 0 Å².